The highest BCUT2D eigenvalue weighted by atomic mass is 19.2. The summed E-state index contributed by atoms with van der Waals surface area (Å²) in [5.41, 5.74) is 1.71. The Kier molecular flexibility index (Phi) is 3.74. The topological polar surface area (TPSA) is 34.9 Å². The summed E-state index contributed by atoms with van der Waals surface area (Å²) in [4.78, 5) is 12.1. The maximum atomic E-state index is 13.1. The van der Waals surface area contributed by atoms with E-state index in [1.807, 2.05) is 6.92 Å². The maximum Gasteiger partial charge on any atom is 0.170 e. The molecule has 0 saturated carbocycles. The van der Waals surface area contributed by atoms with E-state index in [9.17, 15) is 13.6 Å². The van der Waals surface area contributed by atoms with Gasteiger partial charge in [0, 0.05) is 19.7 Å². The Morgan fingerprint density at radius 1 is 1.32 bits per heavy atom. The zero-order chi connectivity index (χ0) is 14.0. The minimum Gasteiger partial charge on any atom is -0.294 e. The Balaban J connectivity index is 2.22. The second kappa shape index (κ2) is 5.30. The van der Waals surface area contributed by atoms with Crippen molar-refractivity contribution < 1.29 is 13.6 Å². The summed E-state index contributed by atoms with van der Waals surface area (Å²) in [7, 11) is 1.74. The number of halogens is 2. The summed E-state index contributed by atoms with van der Waals surface area (Å²) in [6, 6.07) is 3.50. The quantitative estimate of drug-likeness (QED) is 0.796. The van der Waals surface area contributed by atoms with Crippen LogP contribution in [-0.2, 0) is 19.9 Å². The number of benzene rings is 1. The third-order valence-electron chi connectivity index (χ3n) is 2.89. The van der Waals surface area contributed by atoms with Gasteiger partial charge in [-0.3, -0.25) is 9.48 Å². The SMILES string of the molecule is CCc1nn(C)cc1C(=O)Cc1ccc(F)c(F)c1. The standard InChI is InChI=1S/C14H14F2N2O/c1-3-13-10(8-18(2)17-13)14(19)7-9-4-5-11(15)12(16)6-9/h4-6,8H,3,7H2,1-2H3. The first-order valence-corrected chi connectivity index (χ1v) is 6.01. The summed E-state index contributed by atoms with van der Waals surface area (Å²) >= 11 is 0. The van der Waals surface area contributed by atoms with Gasteiger partial charge in [-0.2, -0.15) is 5.10 Å². The monoisotopic (exact) mass is 264 g/mol. The molecule has 0 aliphatic carbocycles. The Bertz CT molecular complexity index is 620. The molecule has 0 bridgehead atoms. The molecule has 100 valence electrons. The third-order valence-corrected chi connectivity index (χ3v) is 2.89. The van der Waals surface area contributed by atoms with Crippen molar-refractivity contribution in [3.8, 4) is 0 Å². The summed E-state index contributed by atoms with van der Waals surface area (Å²) < 4.78 is 27.5. The second-order valence-electron chi connectivity index (χ2n) is 4.37. The van der Waals surface area contributed by atoms with Crippen molar-refractivity contribution in [2.45, 2.75) is 19.8 Å². The van der Waals surface area contributed by atoms with E-state index in [1.165, 1.54) is 6.07 Å². The van der Waals surface area contributed by atoms with Crippen LogP contribution in [-0.4, -0.2) is 15.6 Å². The van der Waals surface area contributed by atoms with Crippen molar-refractivity contribution in [3.05, 3.63) is 52.9 Å². The lowest BCUT2D eigenvalue weighted by molar-refractivity contribution is 0.0992. The number of carbonyl (C=O) groups excluding carboxylic acids is 1. The van der Waals surface area contributed by atoms with E-state index >= 15 is 0 Å². The molecule has 1 aromatic heterocycles. The van der Waals surface area contributed by atoms with Crippen molar-refractivity contribution in [1.82, 2.24) is 9.78 Å². The van der Waals surface area contributed by atoms with Crippen LogP contribution in [0.2, 0.25) is 0 Å². The van der Waals surface area contributed by atoms with E-state index in [-0.39, 0.29) is 12.2 Å². The molecular weight excluding hydrogens is 250 g/mol. The van der Waals surface area contributed by atoms with E-state index in [2.05, 4.69) is 5.10 Å². The van der Waals surface area contributed by atoms with Crippen molar-refractivity contribution in [3.63, 3.8) is 0 Å². The molecule has 2 aromatic rings. The number of hydrogen-bond acceptors (Lipinski definition) is 2. The van der Waals surface area contributed by atoms with Crippen molar-refractivity contribution >= 4 is 5.78 Å². The molecular formula is C14H14F2N2O. The Labute approximate surface area is 109 Å². The van der Waals surface area contributed by atoms with Crippen LogP contribution < -0.4 is 0 Å². The number of rotatable bonds is 4. The van der Waals surface area contributed by atoms with Crippen molar-refractivity contribution in [1.29, 1.82) is 0 Å². The van der Waals surface area contributed by atoms with Gasteiger partial charge < -0.3 is 0 Å². The number of aromatic nitrogens is 2. The third kappa shape index (κ3) is 2.86. The summed E-state index contributed by atoms with van der Waals surface area (Å²) in [5, 5.41) is 4.19. The molecule has 1 aromatic carbocycles. The first-order valence-electron chi connectivity index (χ1n) is 6.01. The fourth-order valence-corrected chi connectivity index (χ4v) is 1.96. The van der Waals surface area contributed by atoms with Gasteiger partial charge >= 0.3 is 0 Å². The van der Waals surface area contributed by atoms with Gasteiger partial charge in [0.1, 0.15) is 0 Å². The highest BCUT2D eigenvalue weighted by molar-refractivity contribution is 5.98. The van der Waals surface area contributed by atoms with Crippen molar-refractivity contribution in [2.75, 3.05) is 0 Å². The Morgan fingerprint density at radius 2 is 2.05 bits per heavy atom. The minimum atomic E-state index is -0.938. The van der Waals surface area contributed by atoms with Crippen LogP contribution in [0, 0.1) is 11.6 Å². The van der Waals surface area contributed by atoms with Crippen molar-refractivity contribution in [2.24, 2.45) is 7.05 Å². The highest BCUT2D eigenvalue weighted by Crippen LogP contribution is 2.14. The number of nitrogens with zero attached hydrogens (tertiary/aromatic N) is 2. The van der Waals surface area contributed by atoms with Gasteiger partial charge in [0.2, 0.25) is 0 Å². The summed E-state index contributed by atoms with van der Waals surface area (Å²) in [6.07, 6.45) is 2.34. The molecule has 0 unspecified atom stereocenters. The van der Waals surface area contributed by atoms with Crippen LogP contribution in [0.15, 0.2) is 24.4 Å². The smallest absolute Gasteiger partial charge is 0.170 e. The molecule has 0 aliphatic heterocycles. The molecule has 5 heteroatoms. The normalized spacial score (nSPS) is 10.7. The molecule has 19 heavy (non-hydrogen) atoms. The van der Waals surface area contributed by atoms with E-state index in [1.54, 1.807) is 17.9 Å². The van der Waals surface area contributed by atoms with Gasteiger partial charge in [0.15, 0.2) is 17.4 Å². The minimum absolute atomic E-state index is 0.0376. The molecule has 0 N–H and O–H groups in total. The lowest BCUT2D eigenvalue weighted by Crippen LogP contribution is -2.06. The average Bonchev–Trinajstić information content (AvgIpc) is 2.75. The van der Waals surface area contributed by atoms with Gasteiger partial charge in [0.05, 0.1) is 11.3 Å². The van der Waals surface area contributed by atoms with Gasteiger partial charge in [-0.1, -0.05) is 13.0 Å². The maximum absolute atomic E-state index is 13.1. The molecule has 0 radical (unpaired) electrons. The molecule has 3 nitrogen and oxygen atoms in total. The van der Waals surface area contributed by atoms with E-state index in [0.29, 0.717) is 17.5 Å². The predicted octanol–water partition coefficient (Wildman–Crippen LogP) is 2.69. The number of ketones is 1. The van der Waals surface area contributed by atoms with Crippen LogP contribution in [0.3, 0.4) is 0 Å². The fourth-order valence-electron chi connectivity index (χ4n) is 1.96. The predicted molar refractivity (Wildman–Crippen MR) is 67.0 cm³/mol. The summed E-state index contributed by atoms with van der Waals surface area (Å²) in [5.74, 6) is -1.99. The Hall–Kier alpha value is -2.04. The average molecular weight is 264 g/mol. The lowest BCUT2D eigenvalue weighted by Gasteiger charge is -2.02. The number of Topliss-reactive ketones (excluding diaryl/α,β-unsaturated/α-hetero) is 1. The van der Waals surface area contributed by atoms with Crippen LogP contribution in [0.25, 0.3) is 0 Å². The second-order valence-corrected chi connectivity index (χ2v) is 4.37. The highest BCUT2D eigenvalue weighted by Gasteiger charge is 2.15. The van der Waals surface area contributed by atoms with Gasteiger partial charge in [0.25, 0.3) is 0 Å². The zero-order valence-corrected chi connectivity index (χ0v) is 10.8. The lowest BCUT2D eigenvalue weighted by atomic mass is 10.0. The largest absolute Gasteiger partial charge is 0.294 e. The van der Waals surface area contributed by atoms with Gasteiger partial charge in [-0.05, 0) is 24.1 Å². The first kappa shape index (κ1) is 13.4. The molecule has 2 rings (SSSR count). The molecule has 1 heterocycles. The van der Waals surface area contributed by atoms with E-state index < -0.39 is 11.6 Å². The number of aryl methyl sites for hydroxylation is 2. The molecule has 0 fully saturated rings. The molecule has 0 aliphatic rings. The molecule has 0 atom stereocenters. The van der Waals surface area contributed by atoms with Crippen LogP contribution in [0.4, 0.5) is 8.78 Å². The molecule has 0 spiro atoms. The van der Waals surface area contributed by atoms with Crippen LogP contribution in [0.1, 0.15) is 28.5 Å². The number of carbonyl (C=O) groups is 1. The van der Waals surface area contributed by atoms with Gasteiger partial charge in [-0.15, -0.1) is 0 Å². The first-order chi connectivity index (χ1) is 9.01. The van der Waals surface area contributed by atoms with Crippen LogP contribution in [0.5, 0.6) is 0 Å². The fraction of sp³-hybridized carbons (Fsp3) is 0.286. The molecule has 0 saturated heterocycles. The molecule has 0 amide bonds. The number of hydrogen-bond donors (Lipinski definition) is 0. The van der Waals surface area contributed by atoms with E-state index in [4.69, 9.17) is 0 Å². The van der Waals surface area contributed by atoms with Gasteiger partial charge in [-0.25, -0.2) is 8.78 Å². The van der Waals surface area contributed by atoms with Crippen LogP contribution >= 0.6 is 0 Å². The summed E-state index contributed by atoms with van der Waals surface area (Å²) in [6.45, 7) is 1.91. The Morgan fingerprint density at radius 3 is 2.68 bits per heavy atom. The van der Waals surface area contributed by atoms with E-state index in [0.717, 1.165) is 17.8 Å². The zero-order valence-electron chi connectivity index (χ0n) is 10.8.